The van der Waals surface area contributed by atoms with E-state index < -0.39 is 5.69 Å². The van der Waals surface area contributed by atoms with Crippen LogP contribution in [0.15, 0.2) is 27.4 Å². The highest BCUT2D eigenvalue weighted by Crippen LogP contribution is 2.10. The predicted octanol–water partition coefficient (Wildman–Crippen LogP) is 1.37. The van der Waals surface area contributed by atoms with Crippen molar-refractivity contribution in [1.82, 2.24) is 15.2 Å². The molecule has 0 spiro atoms. The van der Waals surface area contributed by atoms with Crippen LogP contribution in [-0.4, -0.2) is 20.9 Å². The number of anilines is 1. The van der Waals surface area contributed by atoms with E-state index in [4.69, 9.17) is 0 Å². The number of hydrazone groups is 1. The fraction of sp³-hybridized carbons (Fsp3) is 0.200. The van der Waals surface area contributed by atoms with Gasteiger partial charge in [0.15, 0.2) is 5.82 Å². The molecule has 2 rings (SSSR count). The Hall–Kier alpha value is -2.02. The summed E-state index contributed by atoms with van der Waals surface area (Å²) in [4.78, 5) is 15.8. The lowest BCUT2D eigenvalue weighted by atomic mass is 10.3. The van der Waals surface area contributed by atoms with Crippen molar-refractivity contribution in [2.45, 2.75) is 13.8 Å². The Balaban J connectivity index is 2.19. The van der Waals surface area contributed by atoms with Crippen molar-refractivity contribution < 1.29 is 0 Å². The van der Waals surface area contributed by atoms with Crippen molar-refractivity contribution in [3.8, 4) is 0 Å². The van der Waals surface area contributed by atoms with E-state index in [-0.39, 0.29) is 0 Å². The Morgan fingerprint density at radius 2 is 2.41 bits per heavy atom. The third-order valence-corrected chi connectivity index (χ3v) is 3.06. The molecule has 2 aromatic heterocycles. The van der Waals surface area contributed by atoms with Crippen molar-refractivity contribution in [2.24, 2.45) is 5.10 Å². The molecule has 0 fully saturated rings. The smallest absolute Gasteiger partial charge is 0.259 e. The molecular weight excluding hydrogens is 238 g/mol. The van der Waals surface area contributed by atoms with E-state index in [0.717, 1.165) is 10.6 Å². The number of aryl methyl sites for hydroxylation is 1. The first-order valence-electron chi connectivity index (χ1n) is 4.94. The molecule has 0 saturated heterocycles. The van der Waals surface area contributed by atoms with E-state index in [1.54, 1.807) is 18.3 Å². The minimum Gasteiger partial charge on any atom is -0.259 e. The van der Waals surface area contributed by atoms with Gasteiger partial charge in [-0.25, -0.2) is 9.89 Å². The van der Waals surface area contributed by atoms with E-state index in [9.17, 15) is 4.79 Å². The predicted molar refractivity (Wildman–Crippen MR) is 67.5 cm³/mol. The van der Waals surface area contributed by atoms with Crippen LogP contribution in [0.4, 0.5) is 5.82 Å². The maximum atomic E-state index is 11.0. The summed E-state index contributed by atoms with van der Waals surface area (Å²) >= 11 is 1.60. The monoisotopic (exact) mass is 249 g/mol. The number of hydrogen-bond acceptors (Lipinski definition) is 6. The largest absolute Gasteiger partial charge is 0.363 e. The van der Waals surface area contributed by atoms with Crippen molar-refractivity contribution in [1.29, 1.82) is 0 Å². The van der Waals surface area contributed by atoms with E-state index in [1.165, 1.54) is 0 Å². The molecule has 2 N–H and O–H groups in total. The zero-order valence-electron chi connectivity index (χ0n) is 9.39. The van der Waals surface area contributed by atoms with Gasteiger partial charge >= 0.3 is 5.69 Å². The zero-order chi connectivity index (χ0) is 12.3. The molecule has 88 valence electrons. The van der Waals surface area contributed by atoms with Crippen LogP contribution in [-0.2, 0) is 0 Å². The second-order valence-electron chi connectivity index (χ2n) is 3.36. The molecule has 0 aromatic carbocycles. The highest BCUT2D eigenvalue weighted by atomic mass is 32.1. The first-order valence-corrected chi connectivity index (χ1v) is 5.82. The fourth-order valence-corrected chi connectivity index (χ4v) is 1.85. The van der Waals surface area contributed by atoms with Gasteiger partial charge in [0, 0.05) is 4.88 Å². The Morgan fingerprint density at radius 1 is 1.59 bits per heavy atom. The molecule has 0 bridgehead atoms. The van der Waals surface area contributed by atoms with Crippen LogP contribution in [0.2, 0.25) is 0 Å². The van der Waals surface area contributed by atoms with Crippen LogP contribution < -0.4 is 11.1 Å². The second kappa shape index (κ2) is 4.88. The van der Waals surface area contributed by atoms with Gasteiger partial charge < -0.3 is 0 Å². The first kappa shape index (κ1) is 11.5. The lowest BCUT2D eigenvalue weighted by molar-refractivity contribution is 0.879. The van der Waals surface area contributed by atoms with E-state index in [2.05, 4.69) is 25.7 Å². The average molecular weight is 249 g/mol. The van der Waals surface area contributed by atoms with Crippen LogP contribution in [0.3, 0.4) is 0 Å². The van der Waals surface area contributed by atoms with Crippen LogP contribution in [0, 0.1) is 6.92 Å². The molecular formula is C10H11N5OS. The van der Waals surface area contributed by atoms with Gasteiger partial charge in [0.05, 0.1) is 5.71 Å². The molecule has 17 heavy (non-hydrogen) atoms. The van der Waals surface area contributed by atoms with Gasteiger partial charge in [-0.15, -0.1) is 11.3 Å². The van der Waals surface area contributed by atoms with Gasteiger partial charge in [-0.2, -0.15) is 15.2 Å². The summed E-state index contributed by atoms with van der Waals surface area (Å²) in [5.74, 6) is 0.365. The van der Waals surface area contributed by atoms with E-state index in [0.29, 0.717) is 11.5 Å². The summed E-state index contributed by atoms with van der Waals surface area (Å²) in [5, 5.41) is 12.2. The lowest BCUT2D eigenvalue weighted by Gasteiger charge is -2.02. The van der Waals surface area contributed by atoms with E-state index in [1.807, 2.05) is 24.4 Å². The maximum absolute atomic E-state index is 11.0. The first-order chi connectivity index (χ1) is 8.16. The lowest BCUT2D eigenvalue weighted by Crippen LogP contribution is -2.16. The molecule has 2 aromatic rings. The summed E-state index contributed by atoms with van der Waals surface area (Å²) in [6.07, 6.45) is 0. The topological polar surface area (TPSA) is 83.0 Å². The highest BCUT2D eigenvalue weighted by molar-refractivity contribution is 7.12. The maximum Gasteiger partial charge on any atom is 0.363 e. The number of H-pyrrole nitrogens is 1. The van der Waals surface area contributed by atoms with Gasteiger partial charge in [0.25, 0.3) is 0 Å². The number of thiophene rings is 1. The molecule has 0 aliphatic rings. The molecule has 7 heteroatoms. The molecule has 0 radical (unpaired) electrons. The summed E-state index contributed by atoms with van der Waals surface area (Å²) in [6.45, 7) is 3.62. The Morgan fingerprint density at radius 3 is 3.12 bits per heavy atom. The molecule has 6 nitrogen and oxygen atoms in total. The normalized spacial score (nSPS) is 11.5. The summed E-state index contributed by atoms with van der Waals surface area (Å²) in [5.41, 5.74) is 3.67. The fourth-order valence-electron chi connectivity index (χ4n) is 1.17. The zero-order valence-corrected chi connectivity index (χ0v) is 10.2. The Labute approximate surface area is 101 Å². The molecule has 2 heterocycles. The van der Waals surface area contributed by atoms with Gasteiger partial charge in [0.2, 0.25) is 0 Å². The molecule has 0 amide bonds. The molecule has 0 aliphatic heterocycles. The van der Waals surface area contributed by atoms with Gasteiger partial charge in [-0.1, -0.05) is 6.07 Å². The number of aromatic amines is 1. The van der Waals surface area contributed by atoms with Crippen LogP contribution in [0.1, 0.15) is 17.5 Å². The highest BCUT2D eigenvalue weighted by Gasteiger charge is 2.02. The van der Waals surface area contributed by atoms with Crippen molar-refractivity contribution >= 4 is 22.9 Å². The Kier molecular flexibility index (Phi) is 3.29. The van der Waals surface area contributed by atoms with Gasteiger partial charge in [0.1, 0.15) is 5.69 Å². The third-order valence-electron chi connectivity index (χ3n) is 2.08. The summed E-state index contributed by atoms with van der Waals surface area (Å²) in [6, 6.07) is 3.93. The number of rotatable bonds is 3. The number of nitrogens with zero attached hydrogens (tertiary/aromatic N) is 3. The molecule has 0 saturated carbocycles. The summed E-state index contributed by atoms with van der Waals surface area (Å²) < 4.78 is 0. The number of aromatic nitrogens is 3. The van der Waals surface area contributed by atoms with Crippen molar-refractivity contribution in [2.75, 3.05) is 5.43 Å². The minimum absolute atomic E-state index is 0.365. The van der Waals surface area contributed by atoms with Gasteiger partial charge in [-0.05, 0) is 25.3 Å². The molecule has 0 atom stereocenters. The molecule has 0 unspecified atom stereocenters. The standard InChI is InChI=1S/C10H11N5OS/c1-6(8-4-3-5-17-8)12-14-9-7(2)13-15-10(16)11-9/h3-5H,1-2H3,(H2,11,14,15,16). The van der Waals surface area contributed by atoms with Crippen LogP contribution in [0.25, 0.3) is 0 Å². The minimum atomic E-state index is -0.498. The third kappa shape index (κ3) is 2.76. The van der Waals surface area contributed by atoms with Crippen molar-refractivity contribution in [3.05, 3.63) is 38.6 Å². The number of hydrogen-bond donors (Lipinski definition) is 2. The van der Waals surface area contributed by atoms with Crippen LogP contribution >= 0.6 is 11.3 Å². The van der Waals surface area contributed by atoms with Crippen LogP contribution in [0.5, 0.6) is 0 Å². The summed E-state index contributed by atoms with van der Waals surface area (Å²) in [7, 11) is 0. The quantitative estimate of drug-likeness (QED) is 0.635. The average Bonchev–Trinajstić information content (AvgIpc) is 2.83. The second-order valence-corrected chi connectivity index (χ2v) is 4.31. The SMILES string of the molecule is CC(=NNc1nc(=O)[nH]nc1C)c1cccs1. The number of nitrogens with one attached hydrogen (secondary N) is 2. The van der Waals surface area contributed by atoms with Crippen molar-refractivity contribution in [3.63, 3.8) is 0 Å². The Bertz CT molecular complexity index is 587. The van der Waals surface area contributed by atoms with Gasteiger partial charge in [-0.3, -0.25) is 5.43 Å². The van der Waals surface area contributed by atoms with E-state index >= 15 is 0 Å². The molecule has 0 aliphatic carbocycles.